The van der Waals surface area contributed by atoms with Crippen LogP contribution in [0.25, 0.3) is 38.9 Å². The monoisotopic (exact) mass is 362 g/mol. The highest BCUT2D eigenvalue weighted by atomic mass is 15.1. The van der Waals surface area contributed by atoms with Gasteiger partial charge in [0, 0.05) is 10.9 Å². The molecule has 0 amide bonds. The van der Waals surface area contributed by atoms with E-state index >= 15 is 0 Å². The number of nitrogens with zero attached hydrogens (tertiary/aromatic N) is 2. The van der Waals surface area contributed by atoms with E-state index in [0.29, 0.717) is 0 Å². The molecule has 2 nitrogen and oxygen atoms in total. The summed E-state index contributed by atoms with van der Waals surface area (Å²) in [6.45, 7) is 6.55. The number of imidazole rings is 1. The van der Waals surface area contributed by atoms with Gasteiger partial charge in [0.2, 0.25) is 0 Å². The molecule has 0 aliphatic heterocycles. The molecule has 136 valence electrons. The van der Waals surface area contributed by atoms with Crippen molar-refractivity contribution in [3.63, 3.8) is 0 Å². The zero-order chi connectivity index (χ0) is 19.3. The molecule has 0 unspecified atom stereocenters. The zero-order valence-corrected chi connectivity index (χ0v) is 16.4. The molecule has 5 aromatic rings. The second-order valence-corrected chi connectivity index (χ2v) is 7.54. The standard InChI is InChI=1S/C26H22N2/c1-17-15-18(2)24(19(3)16-17)28-25-22-12-8-7-9-20(22)13-14-23(25)27-26(28)21-10-5-4-6-11-21/h4-16H,1-3H3. The summed E-state index contributed by atoms with van der Waals surface area (Å²) < 4.78 is 2.36. The minimum absolute atomic E-state index is 0.988. The number of hydrogen-bond donors (Lipinski definition) is 0. The lowest BCUT2D eigenvalue weighted by Gasteiger charge is -2.17. The Kier molecular flexibility index (Phi) is 3.80. The topological polar surface area (TPSA) is 17.8 Å². The van der Waals surface area contributed by atoms with E-state index in [9.17, 15) is 0 Å². The van der Waals surface area contributed by atoms with Gasteiger partial charge in [0.25, 0.3) is 0 Å². The van der Waals surface area contributed by atoms with Crippen LogP contribution in [0.4, 0.5) is 0 Å². The van der Waals surface area contributed by atoms with Crippen molar-refractivity contribution in [2.24, 2.45) is 0 Å². The number of hydrogen-bond acceptors (Lipinski definition) is 1. The fourth-order valence-corrected chi connectivity index (χ4v) is 4.36. The zero-order valence-electron chi connectivity index (χ0n) is 16.4. The maximum absolute atomic E-state index is 5.08. The van der Waals surface area contributed by atoms with Crippen LogP contribution in [0.2, 0.25) is 0 Å². The van der Waals surface area contributed by atoms with Gasteiger partial charge in [-0.05, 0) is 43.4 Å². The average molecular weight is 362 g/mol. The van der Waals surface area contributed by atoms with Crippen LogP contribution in [0.1, 0.15) is 16.7 Å². The molecule has 0 radical (unpaired) electrons. The van der Waals surface area contributed by atoms with Crippen molar-refractivity contribution in [1.29, 1.82) is 0 Å². The van der Waals surface area contributed by atoms with E-state index in [-0.39, 0.29) is 0 Å². The predicted molar refractivity (Wildman–Crippen MR) is 118 cm³/mol. The molecule has 0 saturated carbocycles. The van der Waals surface area contributed by atoms with E-state index in [1.165, 1.54) is 38.7 Å². The minimum atomic E-state index is 0.988. The molecular formula is C26H22N2. The smallest absolute Gasteiger partial charge is 0.145 e. The largest absolute Gasteiger partial charge is 0.291 e. The van der Waals surface area contributed by atoms with Crippen LogP contribution in [0, 0.1) is 20.8 Å². The van der Waals surface area contributed by atoms with E-state index in [1.54, 1.807) is 0 Å². The van der Waals surface area contributed by atoms with Crippen LogP contribution in [0.15, 0.2) is 78.9 Å². The van der Waals surface area contributed by atoms with Gasteiger partial charge in [-0.15, -0.1) is 0 Å². The third-order valence-corrected chi connectivity index (χ3v) is 5.43. The number of aryl methyl sites for hydroxylation is 3. The van der Waals surface area contributed by atoms with Crippen molar-refractivity contribution >= 4 is 21.8 Å². The van der Waals surface area contributed by atoms with Gasteiger partial charge in [0.05, 0.1) is 16.7 Å². The lowest BCUT2D eigenvalue weighted by Crippen LogP contribution is -2.03. The first-order valence-corrected chi connectivity index (χ1v) is 9.67. The first-order valence-electron chi connectivity index (χ1n) is 9.67. The van der Waals surface area contributed by atoms with Crippen LogP contribution in [0.5, 0.6) is 0 Å². The van der Waals surface area contributed by atoms with Crippen LogP contribution < -0.4 is 0 Å². The fourth-order valence-electron chi connectivity index (χ4n) is 4.36. The molecule has 4 aromatic carbocycles. The Labute approximate surface area is 165 Å². The second kappa shape index (κ2) is 6.35. The Morgan fingerprint density at radius 2 is 1.39 bits per heavy atom. The maximum atomic E-state index is 5.08. The summed E-state index contributed by atoms with van der Waals surface area (Å²) in [5.41, 5.74) is 8.37. The van der Waals surface area contributed by atoms with Crippen LogP contribution >= 0.6 is 0 Å². The molecule has 0 saturated heterocycles. The Balaban J connectivity index is 2.00. The maximum Gasteiger partial charge on any atom is 0.145 e. The summed E-state index contributed by atoms with van der Waals surface area (Å²) in [7, 11) is 0. The van der Waals surface area contributed by atoms with E-state index in [0.717, 1.165) is 16.9 Å². The number of aromatic nitrogens is 2. The molecule has 0 N–H and O–H groups in total. The fraction of sp³-hybridized carbons (Fsp3) is 0.115. The predicted octanol–water partition coefficient (Wildman–Crippen LogP) is 6.77. The third-order valence-electron chi connectivity index (χ3n) is 5.43. The van der Waals surface area contributed by atoms with Gasteiger partial charge in [-0.3, -0.25) is 4.57 Å². The van der Waals surface area contributed by atoms with Gasteiger partial charge < -0.3 is 0 Å². The number of fused-ring (bicyclic) bond motifs is 3. The molecular weight excluding hydrogens is 340 g/mol. The van der Waals surface area contributed by atoms with Crippen LogP contribution in [-0.2, 0) is 0 Å². The molecule has 0 bridgehead atoms. The van der Waals surface area contributed by atoms with Crippen LogP contribution in [-0.4, -0.2) is 9.55 Å². The SMILES string of the molecule is Cc1cc(C)c(-n2c(-c3ccccc3)nc3ccc4ccccc4c32)c(C)c1. The summed E-state index contributed by atoms with van der Waals surface area (Å²) in [6.07, 6.45) is 0. The third kappa shape index (κ3) is 2.53. The molecule has 0 aliphatic rings. The van der Waals surface area contributed by atoms with Gasteiger partial charge in [-0.1, -0.05) is 78.4 Å². The minimum Gasteiger partial charge on any atom is -0.291 e. The van der Waals surface area contributed by atoms with Crippen molar-refractivity contribution in [2.75, 3.05) is 0 Å². The summed E-state index contributed by atoms with van der Waals surface area (Å²) in [6, 6.07) is 27.9. The highest BCUT2D eigenvalue weighted by Gasteiger charge is 2.19. The summed E-state index contributed by atoms with van der Waals surface area (Å²) >= 11 is 0. The average Bonchev–Trinajstić information content (AvgIpc) is 3.08. The van der Waals surface area contributed by atoms with Gasteiger partial charge in [-0.25, -0.2) is 4.98 Å². The van der Waals surface area contributed by atoms with Gasteiger partial charge in [0.1, 0.15) is 5.82 Å². The molecule has 0 fully saturated rings. The van der Waals surface area contributed by atoms with Gasteiger partial charge in [-0.2, -0.15) is 0 Å². The van der Waals surface area contributed by atoms with Crippen molar-refractivity contribution < 1.29 is 0 Å². The first kappa shape index (κ1) is 16.8. The first-order chi connectivity index (χ1) is 13.6. The van der Waals surface area contributed by atoms with E-state index < -0.39 is 0 Å². The lowest BCUT2D eigenvalue weighted by molar-refractivity contribution is 1.06. The van der Waals surface area contributed by atoms with Gasteiger partial charge >= 0.3 is 0 Å². The Hall–Kier alpha value is -3.39. The van der Waals surface area contributed by atoms with E-state index in [1.807, 2.05) is 6.07 Å². The quantitative estimate of drug-likeness (QED) is 0.339. The molecule has 2 heteroatoms. The van der Waals surface area contributed by atoms with E-state index in [2.05, 4.69) is 98.1 Å². The highest BCUT2D eigenvalue weighted by Crippen LogP contribution is 2.35. The molecule has 0 atom stereocenters. The molecule has 0 spiro atoms. The van der Waals surface area contributed by atoms with Crippen molar-refractivity contribution in [2.45, 2.75) is 20.8 Å². The van der Waals surface area contributed by atoms with Crippen molar-refractivity contribution in [3.8, 4) is 17.1 Å². The Morgan fingerprint density at radius 3 is 2.14 bits per heavy atom. The van der Waals surface area contributed by atoms with Crippen molar-refractivity contribution in [3.05, 3.63) is 95.6 Å². The molecule has 5 rings (SSSR count). The molecule has 0 aliphatic carbocycles. The number of rotatable bonds is 2. The summed E-state index contributed by atoms with van der Waals surface area (Å²) in [4.78, 5) is 5.08. The second-order valence-electron chi connectivity index (χ2n) is 7.54. The summed E-state index contributed by atoms with van der Waals surface area (Å²) in [5.74, 6) is 0.988. The normalized spacial score (nSPS) is 11.4. The Morgan fingerprint density at radius 1 is 0.714 bits per heavy atom. The summed E-state index contributed by atoms with van der Waals surface area (Å²) in [5, 5.41) is 2.47. The van der Waals surface area contributed by atoms with Gasteiger partial charge in [0.15, 0.2) is 0 Å². The highest BCUT2D eigenvalue weighted by molar-refractivity contribution is 6.06. The molecule has 1 aromatic heterocycles. The molecule has 28 heavy (non-hydrogen) atoms. The lowest BCUT2D eigenvalue weighted by atomic mass is 10.0. The molecule has 1 heterocycles. The number of benzene rings is 4. The van der Waals surface area contributed by atoms with E-state index in [4.69, 9.17) is 4.98 Å². The Bertz CT molecular complexity index is 1300. The van der Waals surface area contributed by atoms with Crippen LogP contribution in [0.3, 0.4) is 0 Å². The van der Waals surface area contributed by atoms with Crippen molar-refractivity contribution in [1.82, 2.24) is 9.55 Å².